The van der Waals surface area contributed by atoms with Crippen LogP contribution in [0.5, 0.6) is 5.75 Å². The van der Waals surface area contributed by atoms with E-state index < -0.39 is 47.9 Å². The van der Waals surface area contributed by atoms with Crippen LogP contribution in [-0.2, 0) is 35.1 Å². The number of rotatable bonds is 21. The summed E-state index contributed by atoms with van der Waals surface area (Å²) in [5.41, 5.74) is 0.852. The van der Waals surface area contributed by atoms with Crippen molar-refractivity contribution < 1.29 is 43.7 Å². The number of aliphatic hydroxyl groups excluding tert-OH is 1. The normalized spacial score (nSPS) is 21.0. The minimum Gasteiger partial charge on any atom is -0.497 e. The standard InChI is InChI=1S/C45H71N5O9S/c1-13-27(3)38(43(55)56)50(11)41(53)30(6)49(10)42(54)35(24-31-16-18-33(58-12)19-17-31)48-39(52)28(4)23-32-25-60-40(47-32)29(5)36(51)21-26(2)22-37(45(7,8)9)59-44(57)34-15-14-20-46-34/h16-19,23,26-27,29-30,32,34-38,46,51H,13-15,20-22,24-25H2,1-12H3,(H,48,52)(H,55,56)/b28-23+/t26-,27-,29-,30-,32-,34-,35-,36-,37-,38-/m0/s1. The van der Waals surface area contributed by atoms with Crippen LogP contribution in [0, 0.1) is 23.2 Å². The average Bonchev–Trinajstić information content (AvgIpc) is 3.92. The molecule has 3 rings (SSSR count). The number of thioether (sulfide) groups is 1. The van der Waals surface area contributed by atoms with E-state index in [2.05, 4.69) is 38.3 Å². The van der Waals surface area contributed by atoms with Crippen LogP contribution in [0.4, 0.5) is 0 Å². The van der Waals surface area contributed by atoms with Crippen molar-refractivity contribution in [1.29, 1.82) is 0 Å². The molecular formula is C45H71N5O9S. The van der Waals surface area contributed by atoms with Crippen LogP contribution in [-0.4, -0.2) is 131 Å². The molecule has 2 aliphatic heterocycles. The number of benzene rings is 1. The van der Waals surface area contributed by atoms with Crippen LogP contribution in [0.3, 0.4) is 0 Å². The van der Waals surface area contributed by atoms with Crippen LogP contribution in [0.15, 0.2) is 40.9 Å². The highest BCUT2D eigenvalue weighted by molar-refractivity contribution is 8.14. The van der Waals surface area contributed by atoms with Crippen molar-refractivity contribution in [3.63, 3.8) is 0 Å². The molecule has 2 heterocycles. The summed E-state index contributed by atoms with van der Waals surface area (Å²) in [6.45, 7) is 17.8. The molecule has 0 aromatic heterocycles. The highest BCUT2D eigenvalue weighted by Crippen LogP contribution is 2.33. The third-order valence-electron chi connectivity index (χ3n) is 12.0. The predicted molar refractivity (Wildman–Crippen MR) is 236 cm³/mol. The molecule has 0 saturated carbocycles. The molecule has 15 heteroatoms. The van der Waals surface area contributed by atoms with Crippen LogP contribution >= 0.6 is 11.8 Å². The van der Waals surface area contributed by atoms with Crippen molar-refractivity contribution >= 4 is 46.5 Å². The van der Waals surface area contributed by atoms with E-state index in [4.69, 9.17) is 14.5 Å². The summed E-state index contributed by atoms with van der Waals surface area (Å²) in [5.74, 6) is -2.11. The van der Waals surface area contributed by atoms with Crippen molar-refractivity contribution in [2.45, 2.75) is 143 Å². The van der Waals surface area contributed by atoms with Gasteiger partial charge in [-0.25, -0.2) is 4.79 Å². The van der Waals surface area contributed by atoms with E-state index in [1.54, 1.807) is 70.0 Å². The Kier molecular flexibility index (Phi) is 19.1. The minimum atomic E-state index is -1.12. The number of nitrogens with one attached hydrogen (secondary N) is 2. The Balaban J connectivity index is 1.71. The fourth-order valence-corrected chi connectivity index (χ4v) is 8.70. The quantitative estimate of drug-likeness (QED) is 0.0951. The molecule has 1 aromatic rings. The van der Waals surface area contributed by atoms with Crippen LogP contribution in [0.1, 0.15) is 100.0 Å². The average molecular weight is 858 g/mol. The lowest BCUT2D eigenvalue weighted by Gasteiger charge is -2.35. The molecule has 0 radical (unpaired) electrons. The summed E-state index contributed by atoms with van der Waals surface area (Å²) in [4.78, 5) is 73.7. The second-order valence-corrected chi connectivity index (χ2v) is 18.9. The first-order chi connectivity index (χ1) is 28.1. The number of carboxylic acid groups (broad SMARTS) is 1. The number of esters is 1. The van der Waals surface area contributed by atoms with Crippen LogP contribution < -0.4 is 15.4 Å². The monoisotopic (exact) mass is 857 g/mol. The Hall–Kier alpha value is -3.95. The smallest absolute Gasteiger partial charge is 0.326 e. The highest BCUT2D eigenvalue weighted by Gasteiger charge is 2.38. The number of methoxy groups -OCH3 is 1. The van der Waals surface area contributed by atoms with Crippen molar-refractivity contribution in [1.82, 2.24) is 20.4 Å². The number of carbonyl (C=O) groups is 5. The molecule has 0 bridgehead atoms. The summed E-state index contributed by atoms with van der Waals surface area (Å²) in [5, 5.41) is 28.1. The number of nitrogens with zero attached hydrogens (tertiary/aromatic N) is 3. The first-order valence-corrected chi connectivity index (χ1v) is 22.3. The van der Waals surface area contributed by atoms with Crippen molar-refractivity contribution in [2.75, 3.05) is 33.5 Å². The zero-order valence-electron chi connectivity index (χ0n) is 37.8. The number of ether oxygens (including phenoxy) is 2. The second-order valence-electron chi connectivity index (χ2n) is 17.9. The maximum atomic E-state index is 14.1. The molecule has 2 aliphatic rings. The van der Waals surface area contributed by atoms with E-state index in [0.717, 1.165) is 30.0 Å². The Morgan fingerprint density at radius 3 is 2.23 bits per heavy atom. The van der Waals surface area contributed by atoms with E-state index in [1.807, 2.05) is 13.8 Å². The SMILES string of the molecule is CC[C@H](C)[C@@H](C(=O)O)N(C)C(=O)[C@H](C)N(C)C(=O)[C@H](Cc1ccc(OC)cc1)NC(=O)/C(C)=C/[C@H]1CSC([C@@H](C)[C@@H](O)C[C@H](C)C[C@H](OC(=O)[C@@H]2CCCN2)C(C)(C)C)=N1. The molecule has 1 aromatic carbocycles. The number of carboxylic acids is 1. The van der Waals surface area contributed by atoms with Gasteiger partial charge in [-0.1, -0.05) is 73.1 Å². The molecular weight excluding hydrogens is 787 g/mol. The maximum absolute atomic E-state index is 14.1. The van der Waals surface area contributed by atoms with Gasteiger partial charge in [-0.15, -0.1) is 11.8 Å². The Labute approximate surface area is 361 Å². The van der Waals surface area contributed by atoms with Crippen molar-refractivity contribution in [2.24, 2.45) is 28.2 Å². The molecule has 0 unspecified atom stereocenters. The van der Waals surface area contributed by atoms with Gasteiger partial charge >= 0.3 is 11.9 Å². The molecule has 60 heavy (non-hydrogen) atoms. The topological polar surface area (TPSA) is 187 Å². The fourth-order valence-electron chi connectivity index (χ4n) is 7.55. The number of aliphatic hydroxyl groups is 1. The predicted octanol–water partition coefficient (Wildman–Crippen LogP) is 5.11. The Morgan fingerprint density at radius 2 is 1.68 bits per heavy atom. The van der Waals surface area contributed by atoms with Gasteiger partial charge in [0.15, 0.2) is 0 Å². The first-order valence-electron chi connectivity index (χ1n) is 21.3. The van der Waals surface area contributed by atoms with Gasteiger partial charge in [-0.05, 0) is 81.0 Å². The lowest BCUT2D eigenvalue weighted by molar-refractivity contribution is -0.158. The third kappa shape index (κ3) is 14.1. The van der Waals surface area contributed by atoms with Gasteiger partial charge in [0.2, 0.25) is 17.7 Å². The molecule has 0 spiro atoms. The zero-order chi connectivity index (χ0) is 45.1. The fraction of sp³-hybridized carbons (Fsp3) is 0.689. The maximum Gasteiger partial charge on any atom is 0.326 e. The summed E-state index contributed by atoms with van der Waals surface area (Å²) >= 11 is 1.54. The molecule has 0 aliphatic carbocycles. The van der Waals surface area contributed by atoms with Gasteiger partial charge < -0.3 is 40.1 Å². The summed E-state index contributed by atoms with van der Waals surface area (Å²) < 4.78 is 11.3. The van der Waals surface area contributed by atoms with E-state index in [0.29, 0.717) is 36.3 Å². The molecule has 1 fully saturated rings. The Bertz CT molecular complexity index is 1690. The third-order valence-corrected chi connectivity index (χ3v) is 13.3. The number of hydrogen-bond donors (Lipinski definition) is 4. The van der Waals surface area contributed by atoms with Crippen molar-refractivity contribution in [3.8, 4) is 5.75 Å². The lowest BCUT2D eigenvalue weighted by atomic mass is 9.81. The summed E-state index contributed by atoms with van der Waals surface area (Å²) in [7, 11) is 4.46. The number of aliphatic imine (C=N–C) groups is 1. The van der Waals surface area contributed by atoms with E-state index in [1.165, 1.54) is 23.9 Å². The molecule has 1 saturated heterocycles. The molecule has 4 N–H and O–H groups in total. The molecule has 14 nitrogen and oxygen atoms in total. The van der Waals surface area contributed by atoms with Crippen LogP contribution in [0.2, 0.25) is 0 Å². The summed E-state index contributed by atoms with van der Waals surface area (Å²) in [6, 6.07) is 3.41. The molecule has 10 atom stereocenters. The van der Waals surface area contributed by atoms with Gasteiger partial charge in [0.05, 0.1) is 24.3 Å². The highest BCUT2D eigenvalue weighted by atomic mass is 32.2. The first kappa shape index (κ1) is 50.4. The number of carbonyl (C=O) groups excluding carboxylic acids is 4. The summed E-state index contributed by atoms with van der Waals surface area (Å²) in [6.07, 6.45) is 4.33. The number of hydrogen-bond acceptors (Lipinski definition) is 11. The van der Waals surface area contributed by atoms with Gasteiger partial charge in [0, 0.05) is 37.8 Å². The van der Waals surface area contributed by atoms with Crippen molar-refractivity contribution in [3.05, 3.63) is 41.5 Å². The van der Waals surface area contributed by atoms with Gasteiger partial charge in [-0.3, -0.25) is 24.2 Å². The van der Waals surface area contributed by atoms with Crippen LogP contribution in [0.25, 0.3) is 0 Å². The second kappa shape index (κ2) is 22.8. The van der Waals surface area contributed by atoms with E-state index >= 15 is 0 Å². The number of aliphatic carboxylic acids is 1. The lowest BCUT2D eigenvalue weighted by Crippen LogP contribution is -2.57. The molecule has 336 valence electrons. The van der Waals surface area contributed by atoms with Gasteiger partial charge in [0.1, 0.15) is 36.0 Å². The minimum absolute atomic E-state index is 0.0747. The number of amides is 3. The number of likely N-dealkylation sites (N-methyl/N-ethyl adjacent to an activating group) is 2. The van der Waals surface area contributed by atoms with E-state index in [-0.39, 0.29) is 53.7 Å². The van der Waals surface area contributed by atoms with Gasteiger partial charge in [-0.2, -0.15) is 0 Å². The van der Waals surface area contributed by atoms with Gasteiger partial charge in [0.25, 0.3) is 0 Å². The largest absolute Gasteiger partial charge is 0.497 e. The Morgan fingerprint density at radius 1 is 1.03 bits per heavy atom. The molecule has 3 amide bonds. The zero-order valence-corrected chi connectivity index (χ0v) is 38.6. The van der Waals surface area contributed by atoms with E-state index in [9.17, 15) is 34.2 Å².